The monoisotopic (exact) mass is 395 g/mol. The Morgan fingerprint density at radius 2 is 1.89 bits per heavy atom. The quantitative estimate of drug-likeness (QED) is 0.637. The summed E-state index contributed by atoms with van der Waals surface area (Å²) in [5.41, 5.74) is 2.92. The predicted octanol–water partition coefficient (Wildman–Crippen LogP) is 4.02. The van der Waals surface area contributed by atoms with Crippen LogP contribution in [0.5, 0.6) is 0 Å². The molecule has 2 aromatic carbocycles. The summed E-state index contributed by atoms with van der Waals surface area (Å²) in [6.07, 6.45) is 2.13. The Kier molecular flexibility index (Phi) is 4.96. The van der Waals surface area contributed by atoms with Crippen molar-refractivity contribution >= 4 is 23.3 Å². The molecule has 1 saturated carbocycles. The molecule has 0 bridgehead atoms. The van der Waals surface area contributed by atoms with E-state index in [0.29, 0.717) is 16.1 Å². The van der Waals surface area contributed by atoms with Crippen LogP contribution >= 0.6 is 11.6 Å². The normalized spacial score (nSPS) is 13.4. The summed E-state index contributed by atoms with van der Waals surface area (Å²) in [6.45, 7) is 1.90. The van der Waals surface area contributed by atoms with Gasteiger partial charge in [0.05, 0.1) is 0 Å². The fraction of sp³-hybridized carbons (Fsp3) is 0.238. The average Bonchev–Trinajstić information content (AvgIpc) is 3.35. The maximum absolute atomic E-state index is 12.6. The van der Waals surface area contributed by atoms with Crippen molar-refractivity contribution in [2.24, 2.45) is 0 Å². The van der Waals surface area contributed by atoms with Crippen LogP contribution in [0.1, 0.15) is 45.0 Å². The number of rotatable bonds is 6. The third-order valence-corrected chi connectivity index (χ3v) is 4.88. The van der Waals surface area contributed by atoms with Gasteiger partial charge in [0, 0.05) is 28.6 Å². The fourth-order valence-electron chi connectivity index (χ4n) is 2.79. The van der Waals surface area contributed by atoms with E-state index in [9.17, 15) is 9.59 Å². The van der Waals surface area contributed by atoms with Gasteiger partial charge >= 0.3 is 0 Å². The highest BCUT2D eigenvalue weighted by atomic mass is 35.5. The van der Waals surface area contributed by atoms with E-state index in [1.807, 2.05) is 13.0 Å². The number of carbonyl (C=O) groups excluding carboxylic acids is 2. The van der Waals surface area contributed by atoms with E-state index in [0.717, 1.165) is 24.0 Å². The highest BCUT2D eigenvalue weighted by Crippen LogP contribution is 2.22. The largest absolute Gasteiger partial charge is 0.414 e. The Morgan fingerprint density at radius 3 is 2.61 bits per heavy atom. The highest BCUT2D eigenvalue weighted by Gasteiger charge is 2.24. The zero-order chi connectivity index (χ0) is 19.7. The molecule has 4 rings (SSSR count). The maximum Gasteiger partial charge on any atom is 0.284 e. The zero-order valence-electron chi connectivity index (χ0n) is 15.2. The van der Waals surface area contributed by atoms with Gasteiger partial charge < -0.3 is 9.73 Å². The lowest BCUT2D eigenvalue weighted by Crippen LogP contribution is -2.25. The Labute approximate surface area is 166 Å². The lowest BCUT2D eigenvalue weighted by molar-refractivity contribution is 0.0943. The molecule has 0 saturated heterocycles. The van der Waals surface area contributed by atoms with Crippen molar-refractivity contribution in [3.05, 3.63) is 70.1 Å². The molecule has 0 unspecified atom stereocenters. The number of nitrogens with zero attached hydrogens (tertiary/aromatic N) is 2. The number of carbonyl (C=O) groups is 2. The third kappa shape index (κ3) is 4.12. The minimum Gasteiger partial charge on any atom is -0.414 e. The SMILES string of the molecule is Cc1ccc(C(=O)NC2CC2)cc1CC(=O)c1nnc(-c2ccc(Cl)cc2)o1. The predicted molar refractivity (Wildman–Crippen MR) is 104 cm³/mol. The molecule has 142 valence electrons. The number of aromatic nitrogens is 2. The van der Waals surface area contributed by atoms with Crippen molar-refractivity contribution in [1.82, 2.24) is 15.5 Å². The Balaban J connectivity index is 1.50. The van der Waals surface area contributed by atoms with Gasteiger partial charge in [-0.1, -0.05) is 17.7 Å². The van der Waals surface area contributed by atoms with Crippen molar-refractivity contribution in [3.63, 3.8) is 0 Å². The summed E-state index contributed by atoms with van der Waals surface area (Å²) in [7, 11) is 0. The number of halogens is 1. The van der Waals surface area contributed by atoms with Gasteiger partial charge in [0.25, 0.3) is 11.8 Å². The first kappa shape index (κ1) is 18.4. The van der Waals surface area contributed by atoms with Crippen LogP contribution in [0.2, 0.25) is 5.02 Å². The second kappa shape index (κ2) is 7.56. The van der Waals surface area contributed by atoms with Gasteiger partial charge in [-0.15, -0.1) is 10.2 Å². The molecule has 0 aliphatic heterocycles. The van der Waals surface area contributed by atoms with Crippen LogP contribution in [-0.2, 0) is 6.42 Å². The lowest BCUT2D eigenvalue weighted by atomic mass is 10.00. The van der Waals surface area contributed by atoms with Crippen LogP contribution in [0.25, 0.3) is 11.5 Å². The second-order valence-corrected chi connectivity index (χ2v) is 7.34. The van der Waals surface area contributed by atoms with E-state index in [1.54, 1.807) is 36.4 Å². The van der Waals surface area contributed by atoms with Gasteiger partial charge in [0.2, 0.25) is 11.7 Å². The van der Waals surface area contributed by atoms with Crippen molar-refractivity contribution < 1.29 is 14.0 Å². The van der Waals surface area contributed by atoms with Crippen LogP contribution in [-0.4, -0.2) is 27.9 Å². The van der Waals surface area contributed by atoms with Crippen LogP contribution in [0, 0.1) is 6.92 Å². The molecular formula is C21H18ClN3O3. The van der Waals surface area contributed by atoms with Crippen LogP contribution < -0.4 is 5.32 Å². The van der Waals surface area contributed by atoms with E-state index < -0.39 is 0 Å². The molecule has 1 aromatic heterocycles. The van der Waals surface area contributed by atoms with Gasteiger partial charge in [0.1, 0.15) is 0 Å². The first-order chi connectivity index (χ1) is 13.5. The summed E-state index contributed by atoms with van der Waals surface area (Å²) >= 11 is 5.88. The van der Waals surface area contributed by atoms with Crippen LogP contribution in [0.3, 0.4) is 0 Å². The standard InChI is InChI=1S/C21H18ClN3O3/c1-12-2-3-14(19(27)23-17-8-9-17)10-15(12)11-18(26)21-25-24-20(28-21)13-4-6-16(22)7-5-13/h2-7,10,17H,8-9,11H2,1H3,(H,23,27). The molecule has 0 atom stereocenters. The molecule has 1 fully saturated rings. The molecule has 1 heterocycles. The Hall–Kier alpha value is -2.99. The number of aryl methyl sites for hydroxylation is 1. The number of benzene rings is 2. The lowest BCUT2D eigenvalue weighted by Gasteiger charge is -2.08. The first-order valence-corrected chi connectivity index (χ1v) is 9.40. The van der Waals surface area contributed by atoms with E-state index in [2.05, 4.69) is 15.5 Å². The summed E-state index contributed by atoms with van der Waals surface area (Å²) in [5.74, 6) is -0.207. The molecule has 6 nitrogen and oxygen atoms in total. The van der Waals surface area contributed by atoms with Crippen LogP contribution in [0.15, 0.2) is 46.9 Å². The molecule has 1 aliphatic carbocycles. The molecule has 1 amide bonds. The van der Waals surface area contributed by atoms with E-state index in [4.69, 9.17) is 16.0 Å². The number of nitrogens with one attached hydrogen (secondary N) is 1. The second-order valence-electron chi connectivity index (χ2n) is 6.91. The van der Waals surface area contributed by atoms with Gasteiger partial charge in [-0.2, -0.15) is 0 Å². The highest BCUT2D eigenvalue weighted by molar-refractivity contribution is 6.30. The van der Waals surface area contributed by atoms with Crippen LogP contribution in [0.4, 0.5) is 0 Å². The molecular weight excluding hydrogens is 378 g/mol. The summed E-state index contributed by atoms with van der Waals surface area (Å²) in [5, 5.41) is 11.4. The van der Waals surface area contributed by atoms with Crippen molar-refractivity contribution in [1.29, 1.82) is 0 Å². The van der Waals surface area contributed by atoms with Crippen molar-refractivity contribution in [2.75, 3.05) is 0 Å². The average molecular weight is 396 g/mol. The number of amides is 1. The van der Waals surface area contributed by atoms with Crippen molar-refractivity contribution in [2.45, 2.75) is 32.2 Å². The van der Waals surface area contributed by atoms with E-state index in [1.165, 1.54) is 0 Å². The topological polar surface area (TPSA) is 85.1 Å². The minimum atomic E-state index is -0.296. The maximum atomic E-state index is 12.6. The summed E-state index contributed by atoms with van der Waals surface area (Å²) < 4.78 is 5.53. The Bertz CT molecular complexity index is 1040. The number of Topliss-reactive ketones (excluding diaryl/α,β-unsaturated/α-hetero) is 1. The smallest absolute Gasteiger partial charge is 0.284 e. The fourth-order valence-corrected chi connectivity index (χ4v) is 2.92. The molecule has 0 radical (unpaired) electrons. The molecule has 3 aromatic rings. The van der Waals surface area contributed by atoms with Gasteiger partial charge in [0.15, 0.2) is 0 Å². The Morgan fingerprint density at radius 1 is 1.14 bits per heavy atom. The van der Waals surface area contributed by atoms with Crippen molar-refractivity contribution in [3.8, 4) is 11.5 Å². The number of hydrogen-bond donors (Lipinski definition) is 1. The molecule has 28 heavy (non-hydrogen) atoms. The summed E-state index contributed by atoms with van der Waals surface area (Å²) in [6, 6.07) is 12.6. The molecule has 1 N–H and O–H groups in total. The number of hydrogen-bond acceptors (Lipinski definition) is 5. The van der Waals surface area contributed by atoms with Gasteiger partial charge in [-0.05, 0) is 67.3 Å². The van der Waals surface area contributed by atoms with Gasteiger partial charge in [-0.25, -0.2) is 0 Å². The minimum absolute atomic E-state index is 0.0582. The molecule has 1 aliphatic rings. The van der Waals surface area contributed by atoms with E-state index >= 15 is 0 Å². The summed E-state index contributed by atoms with van der Waals surface area (Å²) in [4.78, 5) is 24.9. The molecule has 7 heteroatoms. The van der Waals surface area contributed by atoms with E-state index in [-0.39, 0.29) is 35.9 Å². The zero-order valence-corrected chi connectivity index (χ0v) is 16.0. The molecule has 0 spiro atoms. The first-order valence-electron chi connectivity index (χ1n) is 9.02. The van der Waals surface area contributed by atoms with Gasteiger partial charge in [-0.3, -0.25) is 9.59 Å². The number of ketones is 1. The third-order valence-electron chi connectivity index (χ3n) is 4.63.